The second-order valence-electron chi connectivity index (χ2n) is 6.49. The first-order valence-electron chi connectivity index (χ1n) is 9.37. The van der Waals surface area contributed by atoms with E-state index in [0.29, 0.717) is 11.8 Å². The van der Waals surface area contributed by atoms with Crippen LogP contribution in [-0.2, 0) is 6.54 Å². The van der Waals surface area contributed by atoms with Crippen molar-refractivity contribution in [3.8, 4) is 11.8 Å². The lowest BCUT2D eigenvalue weighted by Gasteiger charge is -2.09. The molecule has 4 rings (SSSR count). The Bertz CT molecular complexity index is 1310. The number of nitrogens with one attached hydrogen (secondary N) is 3. The van der Waals surface area contributed by atoms with Gasteiger partial charge in [-0.2, -0.15) is 10.1 Å². The van der Waals surface area contributed by atoms with E-state index in [2.05, 4.69) is 30.5 Å². The van der Waals surface area contributed by atoms with Crippen LogP contribution in [-0.4, -0.2) is 44.3 Å². The summed E-state index contributed by atoms with van der Waals surface area (Å²) in [5.74, 6) is -2.92. The average molecular weight is 442 g/mol. The molecule has 3 N–H and O–H groups in total. The van der Waals surface area contributed by atoms with Gasteiger partial charge in [0.05, 0.1) is 5.52 Å². The van der Waals surface area contributed by atoms with E-state index in [1.54, 1.807) is 24.3 Å². The highest BCUT2D eigenvalue weighted by Crippen LogP contribution is 2.16. The van der Waals surface area contributed by atoms with Crippen LogP contribution >= 0.6 is 0 Å². The molecule has 0 saturated carbocycles. The third-order valence-electron chi connectivity index (χ3n) is 4.31. The topological polar surface area (TPSA) is 135 Å². The van der Waals surface area contributed by atoms with Gasteiger partial charge in [-0.05, 0) is 29.8 Å². The number of fused-ring (bicyclic) bond motifs is 1. The number of benzene rings is 2. The molecule has 0 aliphatic heterocycles. The van der Waals surface area contributed by atoms with Crippen LogP contribution in [0, 0.1) is 11.6 Å². The van der Waals surface area contributed by atoms with Crippen LogP contribution in [0.1, 0.15) is 16.2 Å². The van der Waals surface area contributed by atoms with E-state index in [9.17, 15) is 18.4 Å². The van der Waals surface area contributed by atoms with E-state index in [1.165, 1.54) is 6.33 Å². The molecule has 164 valence electrons. The molecule has 0 aliphatic rings. The summed E-state index contributed by atoms with van der Waals surface area (Å²) in [6.45, 7) is 0.627. The van der Waals surface area contributed by atoms with Gasteiger partial charge in [0.1, 0.15) is 30.7 Å². The second kappa shape index (κ2) is 9.20. The van der Waals surface area contributed by atoms with Gasteiger partial charge in [0.2, 0.25) is 0 Å². The summed E-state index contributed by atoms with van der Waals surface area (Å²) < 4.78 is 38.0. The summed E-state index contributed by atoms with van der Waals surface area (Å²) in [5, 5.41) is 8.29. The van der Waals surface area contributed by atoms with Crippen LogP contribution in [0.5, 0.6) is 11.8 Å². The summed E-state index contributed by atoms with van der Waals surface area (Å²) >= 11 is 0. The van der Waals surface area contributed by atoms with Gasteiger partial charge >= 0.3 is 6.01 Å². The molecule has 4 aromatic rings. The van der Waals surface area contributed by atoms with Crippen molar-refractivity contribution in [2.24, 2.45) is 0 Å². The molecular weight excluding hydrogens is 426 g/mol. The number of rotatable bonds is 8. The number of nitrogens with zero attached hydrogens (tertiary/aromatic N) is 3. The zero-order valence-electron chi connectivity index (χ0n) is 16.4. The Kier molecular flexibility index (Phi) is 6.01. The van der Waals surface area contributed by atoms with Crippen molar-refractivity contribution >= 4 is 16.8 Å². The zero-order chi connectivity index (χ0) is 22.5. The minimum Gasteiger partial charge on any atom is -0.490 e. The van der Waals surface area contributed by atoms with E-state index in [4.69, 9.17) is 9.47 Å². The van der Waals surface area contributed by atoms with Gasteiger partial charge in [0, 0.05) is 6.54 Å². The third-order valence-corrected chi connectivity index (χ3v) is 4.31. The first-order valence-corrected chi connectivity index (χ1v) is 9.37. The Morgan fingerprint density at radius 3 is 2.78 bits per heavy atom. The minimum atomic E-state index is -1.31. The highest BCUT2D eigenvalue weighted by Gasteiger charge is 2.16. The van der Waals surface area contributed by atoms with Gasteiger partial charge in [0.25, 0.3) is 11.5 Å². The zero-order valence-corrected chi connectivity index (χ0v) is 16.4. The Morgan fingerprint density at radius 1 is 1.12 bits per heavy atom. The molecule has 2 heterocycles. The van der Waals surface area contributed by atoms with Gasteiger partial charge in [-0.25, -0.2) is 18.9 Å². The number of hydrogen-bond donors (Lipinski definition) is 3. The molecule has 0 fully saturated rings. The van der Waals surface area contributed by atoms with Crippen molar-refractivity contribution in [1.29, 1.82) is 0 Å². The smallest absolute Gasteiger partial charge is 0.312 e. The van der Waals surface area contributed by atoms with Gasteiger partial charge in [-0.15, -0.1) is 0 Å². The van der Waals surface area contributed by atoms with E-state index >= 15 is 0 Å². The summed E-state index contributed by atoms with van der Waals surface area (Å²) in [5.41, 5.74) is -0.343. The number of aromatic nitrogens is 5. The normalized spacial score (nSPS) is 10.8. The van der Waals surface area contributed by atoms with Crippen molar-refractivity contribution in [3.63, 3.8) is 0 Å². The number of carbonyl (C=O) groups excluding carboxylic acids is 1. The van der Waals surface area contributed by atoms with E-state index in [1.807, 2.05) is 0 Å². The van der Waals surface area contributed by atoms with E-state index in [0.717, 1.165) is 17.7 Å². The van der Waals surface area contributed by atoms with Gasteiger partial charge in [-0.3, -0.25) is 9.59 Å². The maximum atomic E-state index is 13.8. The summed E-state index contributed by atoms with van der Waals surface area (Å²) in [7, 11) is 0. The fourth-order valence-electron chi connectivity index (χ4n) is 2.85. The Morgan fingerprint density at radius 2 is 1.97 bits per heavy atom. The Balaban J connectivity index is 1.36. The molecular formula is C20H16F2N6O4. The van der Waals surface area contributed by atoms with E-state index < -0.39 is 28.5 Å². The molecule has 0 radical (unpaired) electrons. The van der Waals surface area contributed by atoms with Crippen molar-refractivity contribution in [2.75, 3.05) is 13.2 Å². The monoisotopic (exact) mass is 442 g/mol. The van der Waals surface area contributed by atoms with Crippen LogP contribution in [0.25, 0.3) is 10.9 Å². The summed E-state index contributed by atoms with van der Waals surface area (Å²) in [6, 6.07) is 9.26. The molecule has 0 spiro atoms. The molecule has 2 aromatic carbocycles. The quantitative estimate of drug-likeness (QED) is 0.354. The molecule has 12 heteroatoms. The van der Waals surface area contributed by atoms with Gasteiger partial charge in [0.15, 0.2) is 17.5 Å². The maximum Gasteiger partial charge on any atom is 0.312 e. The SMILES string of the molecule is O=C(NCc1cccc(OCCOc2ncn[nH]2)c1)c1nc2ccc(F)c(F)c2c(=O)[nH]1. The highest BCUT2D eigenvalue weighted by atomic mass is 19.2. The molecule has 32 heavy (non-hydrogen) atoms. The lowest BCUT2D eigenvalue weighted by Crippen LogP contribution is -2.27. The third kappa shape index (κ3) is 4.69. The van der Waals surface area contributed by atoms with Crippen molar-refractivity contribution in [2.45, 2.75) is 6.54 Å². The molecule has 10 nitrogen and oxygen atoms in total. The Hall–Kier alpha value is -4.35. The van der Waals surface area contributed by atoms with Crippen molar-refractivity contribution < 1.29 is 23.0 Å². The van der Waals surface area contributed by atoms with Crippen LogP contribution < -0.4 is 20.3 Å². The fourth-order valence-corrected chi connectivity index (χ4v) is 2.85. The van der Waals surface area contributed by atoms with Crippen molar-refractivity contribution in [1.82, 2.24) is 30.5 Å². The number of carbonyl (C=O) groups is 1. The Labute approximate surface area is 178 Å². The second-order valence-corrected chi connectivity index (χ2v) is 6.49. The standard InChI is InChI=1S/C20H16F2N6O4/c21-13-4-5-14-15(16(13)22)18(29)27-17(26-14)19(30)23-9-11-2-1-3-12(8-11)31-6-7-32-20-24-10-25-28-20/h1-5,8,10H,6-7,9H2,(H,23,30)(H,24,25,28)(H,26,27,29). The number of aromatic amines is 2. The highest BCUT2D eigenvalue weighted by molar-refractivity contribution is 5.92. The van der Waals surface area contributed by atoms with Crippen molar-refractivity contribution in [3.05, 3.63) is 76.1 Å². The lowest BCUT2D eigenvalue weighted by atomic mass is 10.2. The largest absolute Gasteiger partial charge is 0.490 e. The van der Waals surface area contributed by atoms with Crippen LogP contribution in [0.3, 0.4) is 0 Å². The van der Waals surface area contributed by atoms with Crippen LogP contribution in [0.4, 0.5) is 8.78 Å². The first kappa shape index (κ1) is 20.9. The maximum absolute atomic E-state index is 13.8. The molecule has 0 atom stereocenters. The molecule has 0 unspecified atom stereocenters. The number of hydrogen-bond acceptors (Lipinski definition) is 7. The number of H-pyrrole nitrogens is 2. The van der Waals surface area contributed by atoms with Crippen LogP contribution in [0.2, 0.25) is 0 Å². The summed E-state index contributed by atoms with van der Waals surface area (Å²) in [4.78, 5) is 34.4. The predicted molar refractivity (Wildman–Crippen MR) is 107 cm³/mol. The average Bonchev–Trinajstić information content (AvgIpc) is 3.31. The number of halogens is 2. The van der Waals surface area contributed by atoms with E-state index in [-0.39, 0.29) is 31.1 Å². The lowest BCUT2D eigenvalue weighted by molar-refractivity contribution is 0.0940. The first-order chi connectivity index (χ1) is 15.5. The molecule has 2 aromatic heterocycles. The minimum absolute atomic E-state index is 0.115. The number of ether oxygens (including phenoxy) is 2. The molecule has 1 amide bonds. The summed E-state index contributed by atoms with van der Waals surface area (Å²) in [6.07, 6.45) is 1.33. The molecule has 0 bridgehead atoms. The fraction of sp³-hybridized carbons (Fsp3) is 0.150. The molecule has 0 aliphatic carbocycles. The van der Waals surface area contributed by atoms with Gasteiger partial charge < -0.3 is 19.8 Å². The number of amides is 1. The van der Waals surface area contributed by atoms with Crippen LogP contribution in [0.15, 0.2) is 47.5 Å². The predicted octanol–water partition coefficient (Wildman–Crippen LogP) is 1.71. The van der Waals surface area contributed by atoms with Gasteiger partial charge in [-0.1, -0.05) is 12.1 Å². The molecule has 0 saturated heterocycles.